The normalized spacial score (nSPS) is 10.4. The number of hydrogen-bond donors (Lipinski definition) is 1. The van der Waals surface area contributed by atoms with Crippen molar-refractivity contribution in [3.63, 3.8) is 0 Å². The van der Waals surface area contributed by atoms with Gasteiger partial charge in [-0.15, -0.1) is 5.10 Å². The Morgan fingerprint density at radius 1 is 1.33 bits per heavy atom. The van der Waals surface area contributed by atoms with Crippen molar-refractivity contribution in [2.24, 2.45) is 0 Å². The number of nitrogens with zero attached hydrogens (tertiary/aromatic N) is 2. The zero-order valence-corrected chi connectivity index (χ0v) is 10.4. The van der Waals surface area contributed by atoms with Gasteiger partial charge < -0.3 is 10.1 Å². The number of hydrogen-bond acceptors (Lipinski definition) is 5. The maximum atomic E-state index is 13.0. The predicted molar refractivity (Wildman–Crippen MR) is 64.8 cm³/mol. The third-order valence-corrected chi connectivity index (χ3v) is 2.89. The van der Waals surface area contributed by atoms with E-state index in [4.69, 9.17) is 4.74 Å². The quantitative estimate of drug-likeness (QED) is 0.908. The lowest BCUT2D eigenvalue weighted by atomic mass is 10.3. The fourth-order valence-corrected chi connectivity index (χ4v) is 1.95. The van der Waals surface area contributed by atoms with Crippen molar-refractivity contribution >= 4 is 16.5 Å². The van der Waals surface area contributed by atoms with Gasteiger partial charge in [-0.25, -0.2) is 8.78 Å². The van der Waals surface area contributed by atoms with Crippen molar-refractivity contribution < 1.29 is 13.5 Å². The summed E-state index contributed by atoms with van der Waals surface area (Å²) >= 11 is 1.23. The fourth-order valence-electron chi connectivity index (χ4n) is 1.32. The largest absolute Gasteiger partial charge is 0.487 e. The lowest BCUT2D eigenvalue weighted by Crippen LogP contribution is -2.02. The first-order chi connectivity index (χ1) is 8.70. The summed E-state index contributed by atoms with van der Waals surface area (Å²) in [5, 5.41) is 7.81. The molecular weight excluding hydrogens is 260 g/mol. The van der Waals surface area contributed by atoms with Crippen LogP contribution in [0.2, 0.25) is 0 Å². The average Bonchev–Trinajstić information content (AvgIpc) is 2.79. The van der Waals surface area contributed by atoms with E-state index in [1.54, 1.807) is 0 Å². The number of aromatic nitrogens is 2. The summed E-state index contributed by atoms with van der Waals surface area (Å²) in [6, 6.07) is 3.39. The summed E-state index contributed by atoms with van der Waals surface area (Å²) in [7, 11) is 0. The smallest absolute Gasteiger partial charge is 0.162 e. The maximum absolute atomic E-state index is 13.0. The lowest BCUT2D eigenvalue weighted by molar-refractivity contribution is 0.299. The molecule has 0 saturated carbocycles. The van der Waals surface area contributed by atoms with Gasteiger partial charge in [0, 0.05) is 24.1 Å². The molecule has 0 aliphatic carbocycles. The van der Waals surface area contributed by atoms with Crippen LogP contribution in [0, 0.1) is 11.6 Å². The third-order valence-electron chi connectivity index (χ3n) is 2.16. The zero-order chi connectivity index (χ0) is 13.0. The molecule has 0 saturated heterocycles. The highest BCUT2D eigenvalue weighted by Gasteiger charge is 2.09. The third kappa shape index (κ3) is 2.92. The van der Waals surface area contributed by atoms with E-state index in [0.29, 0.717) is 5.69 Å². The van der Waals surface area contributed by atoms with Crippen LogP contribution in [0.3, 0.4) is 0 Å². The number of rotatable bonds is 5. The SMILES string of the molecule is CCNc1snnc1COc1ccc(F)c(F)c1. The van der Waals surface area contributed by atoms with Crippen LogP contribution in [0.4, 0.5) is 13.8 Å². The summed E-state index contributed by atoms with van der Waals surface area (Å²) in [5.41, 5.74) is 0.645. The van der Waals surface area contributed by atoms with Gasteiger partial charge >= 0.3 is 0 Å². The summed E-state index contributed by atoms with van der Waals surface area (Å²) in [5.74, 6) is -1.58. The van der Waals surface area contributed by atoms with E-state index in [1.807, 2.05) is 6.92 Å². The molecular formula is C11H11F2N3OS. The van der Waals surface area contributed by atoms with Gasteiger partial charge in [0.2, 0.25) is 0 Å². The van der Waals surface area contributed by atoms with Crippen LogP contribution in [0.15, 0.2) is 18.2 Å². The highest BCUT2D eigenvalue weighted by molar-refractivity contribution is 7.10. The van der Waals surface area contributed by atoms with Gasteiger partial charge in [0.05, 0.1) is 0 Å². The Morgan fingerprint density at radius 3 is 2.89 bits per heavy atom. The van der Waals surface area contributed by atoms with Gasteiger partial charge in [0.15, 0.2) is 11.6 Å². The number of halogens is 2. The molecule has 1 aromatic carbocycles. The molecule has 0 amide bonds. The molecule has 1 heterocycles. The number of anilines is 1. The summed E-state index contributed by atoms with van der Waals surface area (Å²) < 4.78 is 34.8. The molecule has 4 nitrogen and oxygen atoms in total. The average molecular weight is 271 g/mol. The molecule has 0 radical (unpaired) electrons. The number of ether oxygens (including phenoxy) is 1. The second-order valence-corrected chi connectivity index (χ2v) is 4.20. The van der Waals surface area contributed by atoms with E-state index in [2.05, 4.69) is 14.9 Å². The Kier molecular flexibility index (Phi) is 4.03. The lowest BCUT2D eigenvalue weighted by Gasteiger charge is -2.06. The number of nitrogens with one attached hydrogen (secondary N) is 1. The van der Waals surface area contributed by atoms with Crippen molar-refractivity contribution in [3.05, 3.63) is 35.5 Å². The minimum Gasteiger partial charge on any atom is -0.487 e. The van der Waals surface area contributed by atoms with Gasteiger partial charge in [0.25, 0.3) is 0 Å². The molecule has 2 rings (SSSR count). The minimum absolute atomic E-state index is 0.157. The monoisotopic (exact) mass is 271 g/mol. The molecule has 2 aromatic rings. The second-order valence-electron chi connectivity index (χ2n) is 3.44. The molecule has 0 bridgehead atoms. The van der Waals surface area contributed by atoms with Crippen LogP contribution in [-0.4, -0.2) is 16.1 Å². The first-order valence-corrected chi connectivity index (χ1v) is 6.11. The zero-order valence-electron chi connectivity index (χ0n) is 9.61. The van der Waals surface area contributed by atoms with Crippen LogP contribution in [0.25, 0.3) is 0 Å². The molecule has 18 heavy (non-hydrogen) atoms. The van der Waals surface area contributed by atoms with Crippen molar-refractivity contribution in [2.45, 2.75) is 13.5 Å². The van der Waals surface area contributed by atoms with Crippen LogP contribution in [-0.2, 0) is 6.61 Å². The molecule has 0 aliphatic heterocycles. The Morgan fingerprint density at radius 2 is 2.17 bits per heavy atom. The summed E-state index contributed by atoms with van der Waals surface area (Å²) in [6.45, 7) is 2.87. The summed E-state index contributed by atoms with van der Waals surface area (Å²) in [4.78, 5) is 0. The Hall–Kier alpha value is -1.76. The molecule has 0 fully saturated rings. The maximum Gasteiger partial charge on any atom is 0.162 e. The molecule has 1 aromatic heterocycles. The molecule has 0 unspecified atom stereocenters. The highest BCUT2D eigenvalue weighted by atomic mass is 32.1. The van der Waals surface area contributed by atoms with Crippen molar-refractivity contribution in [2.75, 3.05) is 11.9 Å². The standard InChI is InChI=1S/C11H11F2N3OS/c1-2-14-11-10(15-16-18-11)6-17-7-3-4-8(12)9(13)5-7/h3-5,14H,2,6H2,1H3. The van der Waals surface area contributed by atoms with E-state index in [1.165, 1.54) is 17.6 Å². The predicted octanol–water partition coefficient (Wildman–Crippen LogP) is 2.83. The second kappa shape index (κ2) is 5.72. The van der Waals surface area contributed by atoms with Gasteiger partial charge in [-0.1, -0.05) is 4.49 Å². The molecule has 0 spiro atoms. The van der Waals surface area contributed by atoms with E-state index < -0.39 is 11.6 Å². The van der Waals surface area contributed by atoms with E-state index in [9.17, 15) is 8.78 Å². The molecule has 1 N–H and O–H groups in total. The van der Waals surface area contributed by atoms with E-state index in [0.717, 1.165) is 23.7 Å². The molecule has 96 valence electrons. The van der Waals surface area contributed by atoms with E-state index >= 15 is 0 Å². The van der Waals surface area contributed by atoms with Gasteiger partial charge in [-0.3, -0.25) is 0 Å². The van der Waals surface area contributed by atoms with Crippen LogP contribution in [0.5, 0.6) is 5.75 Å². The molecule has 7 heteroatoms. The summed E-state index contributed by atoms with van der Waals surface area (Å²) in [6.07, 6.45) is 0. The highest BCUT2D eigenvalue weighted by Crippen LogP contribution is 2.21. The first-order valence-electron chi connectivity index (χ1n) is 5.33. The van der Waals surface area contributed by atoms with Crippen molar-refractivity contribution in [3.8, 4) is 5.75 Å². The Labute approximate surface area is 107 Å². The van der Waals surface area contributed by atoms with Gasteiger partial charge in [-0.2, -0.15) is 0 Å². The van der Waals surface area contributed by atoms with Crippen LogP contribution in [0.1, 0.15) is 12.6 Å². The van der Waals surface area contributed by atoms with Gasteiger partial charge in [0.1, 0.15) is 23.1 Å². The van der Waals surface area contributed by atoms with Crippen molar-refractivity contribution in [1.82, 2.24) is 9.59 Å². The van der Waals surface area contributed by atoms with E-state index in [-0.39, 0.29) is 12.4 Å². The van der Waals surface area contributed by atoms with Crippen molar-refractivity contribution in [1.29, 1.82) is 0 Å². The van der Waals surface area contributed by atoms with Crippen LogP contribution >= 0.6 is 11.5 Å². The number of benzene rings is 1. The topological polar surface area (TPSA) is 47.0 Å². The molecule has 0 aliphatic rings. The fraction of sp³-hybridized carbons (Fsp3) is 0.273. The van der Waals surface area contributed by atoms with Gasteiger partial charge in [-0.05, 0) is 19.1 Å². The van der Waals surface area contributed by atoms with Crippen LogP contribution < -0.4 is 10.1 Å². The Bertz CT molecular complexity index is 533. The minimum atomic E-state index is -0.934. The first kappa shape index (κ1) is 12.7. The Balaban J connectivity index is 2.02. The molecule has 0 atom stereocenters.